The van der Waals surface area contributed by atoms with E-state index in [0.29, 0.717) is 32.8 Å². The van der Waals surface area contributed by atoms with Crippen molar-refractivity contribution in [2.24, 2.45) is 5.10 Å². The lowest BCUT2D eigenvalue weighted by atomic mass is 10.2. The Morgan fingerprint density at radius 2 is 1.64 bits per heavy atom. The van der Waals surface area contributed by atoms with Gasteiger partial charge in [-0.3, -0.25) is 9.59 Å². The molecule has 28 heavy (non-hydrogen) atoms. The summed E-state index contributed by atoms with van der Waals surface area (Å²) in [6.45, 7) is 0. The minimum Gasteiger partial charge on any atom is -0.493 e. The van der Waals surface area contributed by atoms with Gasteiger partial charge in [0.05, 0.1) is 36.2 Å². The maximum absolute atomic E-state index is 11.9. The molecular formula is C19H19Cl2N3O4. The highest BCUT2D eigenvalue weighted by Gasteiger charge is 2.10. The number of carbonyl (C=O) groups excluding carboxylic acids is 2. The van der Waals surface area contributed by atoms with Crippen LogP contribution in [0.3, 0.4) is 0 Å². The summed E-state index contributed by atoms with van der Waals surface area (Å²) in [5.41, 5.74) is 3.38. The maximum atomic E-state index is 11.9. The van der Waals surface area contributed by atoms with Crippen molar-refractivity contribution in [1.29, 1.82) is 0 Å². The molecule has 2 N–H and O–H groups in total. The van der Waals surface area contributed by atoms with Crippen molar-refractivity contribution in [2.45, 2.75) is 12.8 Å². The smallest absolute Gasteiger partial charge is 0.240 e. The van der Waals surface area contributed by atoms with Crippen LogP contribution in [0.25, 0.3) is 0 Å². The molecule has 2 rings (SSSR count). The third-order valence-electron chi connectivity index (χ3n) is 3.62. The average Bonchev–Trinajstić information content (AvgIpc) is 2.69. The molecule has 0 atom stereocenters. The van der Waals surface area contributed by atoms with Gasteiger partial charge in [0.1, 0.15) is 0 Å². The third kappa shape index (κ3) is 6.14. The van der Waals surface area contributed by atoms with Crippen LogP contribution in [0.1, 0.15) is 18.4 Å². The van der Waals surface area contributed by atoms with E-state index in [4.69, 9.17) is 32.7 Å². The number of hydrogen-bond donors (Lipinski definition) is 2. The zero-order valence-electron chi connectivity index (χ0n) is 15.3. The molecule has 0 aliphatic heterocycles. The highest BCUT2D eigenvalue weighted by atomic mass is 35.5. The minimum atomic E-state index is -0.415. The Bertz CT molecular complexity index is 887. The number of ether oxygens (including phenoxy) is 2. The highest BCUT2D eigenvalue weighted by molar-refractivity contribution is 6.34. The van der Waals surface area contributed by atoms with E-state index in [-0.39, 0.29) is 18.7 Å². The standard InChI is InChI=1S/C19H19Cl2N3O4/c1-27-16-9-12(14(21)10-17(16)28-2)11-22-24-19(26)8-7-18(25)23-15-6-4-3-5-13(15)20/h3-6,9-11H,7-8H2,1-2H3,(H,23,25)(H,24,26)/b22-11+. The first-order chi connectivity index (χ1) is 13.4. The van der Waals surface area contributed by atoms with Gasteiger partial charge in [-0.05, 0) is 18.2 Å². The SMILES string of the molecule is COc1cc(Cl)c(/C=N/NC(=O)CCC(=O)Nc2ccccc2Cl)cc1OC. The Labute approximate surface area is 172 Å². The first-order valence-electron chi connectivity index (χ1n) is 8.22. The topological polar surface area (TPSA) is 89.0 Å². The highest BCUT2D eigenvalue weighted by Crippen LogP contribution is 2.32. The predicted molar refractivity (Wildman–Crippen MR) is 110 cm³/mol. The summed E-state index contributed by atoms with van der Waals surface area (Å²) < 4.78 is 10.3. The van der Waals surface area contributed by atoms with Crippen LogP contribution in [0.2, 0.25) is 10.0 Å². The lowest BCUT2D eigenvalue weighted by Gasteiger charge is -2.09. The molecule has 2 amide bonds. The van der Waals surface area contributed by atoms with Gasteiger partial charge >= 0.3 is 0 Å². The molecule has 2 aromatic carbocycles. The summed E-state index contributed by atoms with van der Waals surface area (Å²) in [6.07, 6.45) is 1.34. The van der Waals surface area contributed by atoms with Gasteiger partial charge in [0.25, 0.3) is 0 Å². The van der Waals surface area contributed by atoms with Crippen molar-refractivity contribution in [2.75, 3.05) is 19.5 Å². The summed E-state index contributed by atoms with van der Waals surface area (Å²) in [5.74, 6) is 0.228. The number of nitrogens with one attached hydrogen (secondary N) is 2. The fraction of sp³-hybridized carbons (Fsp3) is 0.211. The fourth-order valence-electron chi connectivity index (χ4n) is 2.20. The second-order valence-corrected chi connectivity index (χ2v) is 6.36. The molecule has 0 saturated carbocycles. The van der Waals surface area contributed by atoms with E-state index in [0.717, 1.165) is 0 Å². The normalized spacial score (nSPS) is 10.6. The molecule has 0 aliphatic rings. The van der Waals surface area contributed by atoms with Gasteiger partial charge in [-0.1, -0.05) is 35.3 Å². The van der Waals surface area contributed by atoms with E-state index in [2.05, 4.69) is 15.8 Å². The van der Waals surface area contributed by atoms with Crippen molar-refractivity contribution in [1.82, 2.24) is 5.43 Å². The Morgan fingerprint density at radius 3 is 2.32 bits per heavy atom. The van der Waals surface area contributed by atoms with Gasteiger partial charge in [0.15, 0.2) is 11.5 Å². The summed E-state index contributed by atoms with van der Waals surface area (Å²) >= 11 is 12.1. The summed E-state index contributed by atoms with van der Waals surface area (Å²) in [5, 5.41) is 7.31. The van der Waals surface area contributed by atoms with Crippen LogP contribution >= 0.6 is 23.2 Å². The number of halogens is 2. The Morgan fingerprint density at radius 1 is 1.00 bits per heavy atom. The van der Waals surface area contributed by atoms with Crippen molar-refractivity contribution in [3.63, 3.8) is 0 Å². The summed E-state index contributed by atoms with van der Waals surface area (Å²) in [7, 11) is 3.01. The molecule has 0 heterocycles. The van der Waals surface area contributed by atoms with E-state index < -0.39 is 5.91 Å². The Kier molecular flexibility index (Phi) is 8.10. The molecule has 0 saturated heterocycles. The van der Waals surface area contributed by atoms with Crippen molar-refractivity contribution < 1.29 is 19.1 Å². The molecule has 0 radical (unpaired) electrons. The molecule has 0 fully saturated rings. The Hall–Kier alpha value is -2.77. The monoisotopic (exact) mass is 423 g/mol. The van der Waals surface area contributed by atoms with E-state index in [9.17, 15) is 9.59 Å². The number of para-hydroxylation sites is 1. The Balaban J connectivity index is 1.85. The van der Waals surface area contributed by atoms with Gasteiger partial charge in [0.2, 0.25) is 11.8 Å². The van der Waals surface area contributed by atoms with Crippen molar-refractivity contribution in [3.8, 4) is 11.5 Å². The van der Waals surface area contributed by atoms with Crippen LogP contribution in [-0.2, 0) is 9.59 Å². The van der Waals surface area contributed by atoms with E-state index in [1.54, 1.807) is 36.4 Å². The molecule has 148 valence electrons. The van der Waals surface area contributed by atoms with Crippen LogP contribution in [0, 0.1) is 0 Å². The number of hydrazone groups is 1. The number of hydrogen-bond acceptors (Lipinski definition) is 5. The minimum absolute atomic E-state index is 0.0102. The van der Waals surface area contributed by atoms with Crippen LogP contribution in [-0.4, -0.2) is 32.2 Å². The van der Waals surface area contributed by atoms with E-state index in [1.165, 1.54) is 20.4 Å². The lowest BCUT2D eigenvalue weighted by molar-refractivity contribution is -0.124. The largest absolute Gasteiger partial charge is 0.493 e. The van der Waals surface area contributed by atoms with E-state index >= 15 is 0 Å². The number of benzene rings is 2. The zero-order chi connectivity index (χ0) is 20.5. The molecule has 7 nitrogen and oxygen atoms in total. The van der Waals surface area contributed by atoms with Crippen molar-refractivity contribution in [3.05, 3.63) is 52.0 Å². The quantitative estimate of drug-likeness (QED) is 0.497. The number of methoxy groups -OCH3 is 2. The molecule has 0 aliphatic carbocycles. The van der Waals surface area contributed by atoms with Gasteiger partial charge in [-0.25, -0.2) is 5.43 Å². The molecule has 0 spiro atoms. The van der Waals surface area contributed by atoms with Gasteiger partial charge < -0.3 is 14.8 Å². The second kappa shape index (κ2) is 10.5. The van der Waals surface area contributed by atoms with Gasteiger partial charge in [-0.15, -0.1) is 0 Å². The number of rotatable bonds is 8. The number of amides is 2. The van der Waals surface area contributed by atoms with Crippen LogP contribution in [0.15, 0.2) is 41.5 Å². The number of carbonyl (C=O) groups is 2. The second-order valence-electron chi connectivity index (χ2n) is 5.55. The first-order valence-corrected chi connectivity index (χ1v) is 8.98. The molecule has 0 aromatic heterocycles. The van der Waals surface area contributed by atoms with Gasteiger partial charge in [-0.2, -0.15) is 5.10 Å². The van der Waals surface area contributed by atoms with Crippen LogP contribution in [0.4, 0.5) is 5.69 Å². The van der Waals surface area contributed by atoms with Crippen molar-refractivity contribution >= 4 is 46.9 Å². The summed E-state index contributed by atoms with van der Waals surface area (Å²) in [4.78, 5) is 23.8. The lowest BCUT2D eigenvalue weighted by Crippen LogP contribution is -2.20. The zero-order valence-corrected chi connectivity index (χ0v) is 16.8. The predicted octanol–water partition coefficient (Wildman–Crippen LogP) is 3.88. The summed E-state index contributed by atoms with van der Waals surface area (Å²) in [6, 6.07) is 10.1. The third-order valence-corrected chi connectivity index (χ3v) is 4.28. The molecule has 0 unspecified atom stereocenters. The van der Waals surface area contributed by atoms with Crippen LogP contribution in [0.5, 0.6) is 11.5 Å². The average molecular weight is 424 g/mol. The maximum Gasteiger partial charge on any atom is 0.240 e. The molecule has 9 heteroatoms. The number of nitrogens with zero attached hydrogens (tertiary/aromatic N) is 1. The molecule has 0 bridgehead atoms. The molecular weight excluding hydrogens is 405 g/mol. The fourth-order valence-corrected chi connectivity index (χ4v) is 2.59. The molecule has 2 aromatic rings. The van der Waals surface area contributed by atoms with Gasteiger partial charge in [0, 0.05) is 24.5 Å². The first kappa shape index (κ1) is 21.5. The van der Waals surface area contributed by atoms with Crippen LogP contribution < -0.4 is 20.2 Å². The number of anilines is 1. The van der Waals surface area contributed by atoms with E-state index in [1.807, 2.05) is 0 Å².